The second kappa shape index (κ2) is 5.61. The fourth-order valence-electron chi connectivity index (χ4n) is 1.81. The van der Waals surface area contributed by atoms with Gasteiger partial charge in [-0.15, -0.1) is 0 Å². The topological polar surface area (TPSA) is 69.7 Å². The SMILES string of the molecule is CC(=O)NN1CC=CN(c2ccc(C(F)(F)F)cc2)S1(=O)=O. The maximum atomic E-state index is 12.5. The van der Waals surface area contributed by atoms with Crippen molar-refractivity contribution in [2.24, 2.45) is 0 Å². The summed E-state index contributed by atoms with van der Waals surface area (Å²) in [7, 11) is -4.09. The monoisotopic (exact) mass is 335 g/mol. The Morgan fingerprint density at radius 1 is 1.23 bits per heavy atom. The van der Waals surface area contributed by atoms with Crippen molar-refractivity contribution in [2.45, 2.75) is 13.1 Å². The molecule has 0 bridgehead atoms. The number of benzene rings is 1. The van der Waals surface area contributed by atoms with Crippen LogP contribution < -0.4 is 9.73 Å². The van der Waals surface area contributed by atoms with E-state index in [1.165, 1.54) is 12.3 Å². The van der Waals surface area contributed by atoms with Crippen molar-refractivity contribution in [2.75, 3.05) is 10.8 Å². The predicted molar refractivity (Wildman–Crippen MR) is 72.5 cm³/mol. The Kier molecular flexibility index (Phi) is 4.16. The molecular formula is C12H12F3N3O3S. The minimum absolute atomic E-state index is 0.0271. The number of nitrogens with one attached hydrogen (secondary N) is 1. The van der Waals surface area contributed by atoms with Crippen LogP contribution in [0.15, 0.2) is 36.5 Å². The van der Waals surface area contributed by atoms with Gasteiger partial charge in [-0.3, -0.25) is 10.2 Å². The second-order valence-electron chi connectivity index (χ2n) is 4.43. The number of hydrogen-bond donors (Lipinski definition) is 1. The van der Waals surface area contributed by atoms with Crippen LogP contribution in [0.5, 0.6) is 0 Å². The highest BCUT2D eigenvalue weighted by Gasteiger charge is 2.33. The molecule has 1 amide bonds. The van der Waals surface area contributed by atoms with Crippen LogP contribution in [0, 0.1) is 0 Å². The van der Waals surface area contributed by atoms with E-state index >= 15 is 0 Å². The average Bonchev–Trinajstić information content (AvgIpc) is 2.40. The molecule has 1 heterocycles. The third-order valence-corrected chi connectivity index (χ3v) is 4.40. The highest BCUT2D eigenvalue weighted by molar-refractivity contribution is 7.90. The smallest absolute Gasteiger partial charge is 0.274 e. The first kappa shape index (κ1) is 16.3. The Morgan fingerprint density at radius 2 is 1.82 bits per heavy atom. The number of alkyl halides is 3. The maximum absolute atomic E-state index is 12.5. The molecule has 22 heavy (non-hydrogen) atoms. The summed E-state index contributed by atoms with van der Waals surface area (Å²) in [6.07, 6.45) is -1.83. The van der Waals surface area contributed by atoms with Gasteiger partial charge in [0.2, 0.25) is 5.91 Å². The molecule has 0 unspecified atom stereocenters. The highest BCUT2D eigenvalue weighted by atomic mass is 32.2. The first-order chi connectivity index (χ1) is 10.1. The summed E-state index contributed by atoms with van der Waals surface area (Å²) < 4.78 is 63.6. The molecule has 0 saturated carbocycles. The van der Waals surface area contributed by atoms with Crippen LogP contribution >= 0.6 is 0 Å². The summed E-state index contributed by atoms with van der Waals surface area (Å²) in [5, 5.41) is 0. The van der Waals surface area contributed by atoms with E-state index in [0.29, 0.717) is 4.41 Å². The number of amides is 1. The van der Waals surface area contributed by atoms with Crippen molar-refractivity contribution in [3.63, 3.8) is 0 Å². The maximum Gasteiger partial charge on any atom is 0.416 e. The van der Waals surface area contributed by atoms with Gasteiger partial charge in [-0.1, -0.05) is 4.41 Å². The molecule has 2 rings (SSSR count). The lowest BCUT2D eigenvalue weighted by atomic mass is 10.2. The molecule has 1 aromatic rings. The predicted octanol–water partition coefficient (Wildman–Crippen LogP) is 1.64. The Balaban J connectivity index is 2.34. The van der Waals surface area contributed by atoms with Crippen LogP contribution in [-0.4, -0.2) is 25.3 Å². The van der Waals surface area contributed by atoms with Gasteiger partial charge in [-0.25, -0.2) is 4.31 Å². The van der Waals surface area contributed by atoms with Crippen molar-refractivity contribution in [3.8, 4) is 0 Å². The Morgan fingerprint density at radius 3 is 2.32 bits per heavy atom. The summed E-state index contributed by atoms with van der Waals surface area (Å²) in [5.41, 5.74) is 1.29. The van der Waals surface area contributed by atoms with Gasteiger partial charge in [0.05, 0.1) is 17.8 Å². The highest BCUT2D eigenvalue weighted by Crippen LogP contribution is 2.31. The van der Waals surface area contributed by atoms with E-state index in [4.69, 9.17) is 0 Å². The van der Waals surface area contributed by atoms with Crippen molar-refractivity contribution < 1.29 is 26.4 Å². The van der Waals surface area contributed by atoms with E-state index in [9.17, 15) is 26.4 Å². The van der Waals surface area contributed by atoms with Crippen LogP contribution in [0.2, 0.25) is 0 Å². The van der Waals surface area contributed by atoms with Crippen LogP contribution in [-0.2, 0) is 21.2 Å². The van der Waals surface area contributed by atoms with Gasteiger partial charge < -0.3 is 0 Å². The van der Waals surface area contributed by atoms with Crippen molar-refractivity contribution >= 4 is 21.8 Å². The number of anilines is 1. The van der Waals surface area contributed by atoms with Gasteiger partial charge in [0.15, 0.2) is 0 Å². The summed E-state index contributed by atoms with van der Waals surface area (Å²) in [5.74, 6) is -0.578. The molecule has 1 aromatic carbocycles. The number of halogens is 3. The van der Waals surface area contributed by atoms with Gasteiger partial charge in [-0.05, 0) is 30.3 Å². The Bertz CT molecular complexity index is 699. The third kappa shape index (κ3) is 3.22. The number of carbonyl (C=O) groups is 1. The first-order valence-corrected chi connectivity index (χ1v) is 7.45. The van der Waals surface area contributed by atoms with Crippen molar-refractivity contribution in [3.05, 3.63) is 42.1 Å². The summed E-state index contributed by atoms with van der Waals surface area (Å²) in [4.78, 5) is 11.0. The fourth-order valence-corrected chi connectivity index (χ4v) is 3.17. The standard InChI is InChI=1S/C12H12F3N3O3S/c1-9(19)16-18-8-2-7-17(22(18,20)21)11-5-3-10(4-6-11)12(13,14)15/h2-7H,8H2,1H3,(H,16,19). The lowest BCUT2D eigenvalue weighted by Gasteiger charge is -2.31. The molecule has 0 saturated heterocycles. The number of nitrogens with zero attached hydrogens (tertiary/aromatic N) is 2. The number of carbonyl (C=O) groups excluding carboxylic acids is 1. The molecule has 6 nitrogen and oxygen atoms in total. The minimum Gasteiger partial charge on any atom is -0.274 e. The zero-order valence-corrected chi connectivity index (χ0v) is 12.1. The van der Waals surface area contributed by atoms with E-state index in [2.05, 4.69) is 5.43 Å². The molecule has 0 fully saturated rings. The lowest BCUT2D eigenvalue weighted by molar-refractivity contribution is -0.137. The quantitative estimate of drug-likeness (QED) is 0.893. The Labute approximate surface area is 125 Å². The van der Waals surface area contributed by atoms with Gasteiger partial charge in [-0.2, -0.15) is 21.6 Å². The lowest BCUT2D eigenvalue weighted by Crippen LogP contribution is -2.52. The van der Waals surface area contributed by atoms with Gasteiger partial charge in [0.25, 0.3) is 0 Å². The normalized spacial score (nSPS) is 18.3. The van der Waals surface area contributed by atoms with E-state index in [0.717, 1.165) is 35.5 Å². The molecule has 0 radical (unpaired) electrons. The zero-order valence-electron chi connectivity index (χ0n) is 11.3. The van der Waals surface area contributed by atoms with Crippen LogP contribution in [0.1, 0.15) is 12.5 Å². The van der Waals surface area contributed by atoms with E-state index < -0.39 is 27.9 Å². The number of hydrogen-bond acceptors (Lipinski definition) is 3. The van der Waals surface area contributed by atoms with E-state index in [1.54, 1.807) is 0 Å². The van der Waals surface area contributed by atoms with Crippen molar-refractivity contribution in [1.29, 1.82) is 0 Å². The molecule has 0 atom stereocenters. The summed E-state index contributed by atoms with van der Waals surface area (Å²) in [6, 6.07) is 3.66. The number of hydrazine groups is 1. The molecule has 10 heteroatoms. The molecule has 0 aliphatic carbocycles. The molecule has 120 valence electrons. The molecular weight excluding hydrogens is 323 g/mol. The molecule has 1 aliphatic heterocycles. The van der Waals surface area contributed by atoms with Crippen LogP contribution in [0.4, 0.5) is 18.9 Å². The zero-order chi connectivity index (χ0) is 16.5. The van der Waals surface area contributed by atoms with Gasteiger partial charge >= 0.3 is 16.4 Å². The second-order valence-corrected chi connectivity index (χ2v) is 6.16. The van der Waals surface area contributed by atoms with E-state index in [1.807, 2.05) is 0 Å². The minimum atomic E-state index is -4.50. The molecule has 0 spiro atoms. The first-order valence-electron chi connectivity index (χ1n) is 6.05. The molecule has 1 aliphatic rings. The average molecular weight is 335 g/mol. The number of rotatable bonds is 2. The van der Waals surface area contributed by atoms with Gasteiger partial charge in [0.1, 0.15) is 0 Å². The largest absolute Gasteiger partial charge is 0.416 e. The molecule has 0 aromatic heterocycles. The summed E-state index contributed by atoms with van der Waals surface area (Å²) in [6.45, 7) is 1.08. The van der Waals surface area contributed by atoms with Crippen LogP contribution in [0.3, 0.4) is 0 Å². The van der Waals surface area contributed by atoms with Crippen LogP contribution in [0.25, 0.3) is 0 Å². The fraction of sp³-hybridized carbons (Fsp3) is 0.250. The van der Waals surface area contributed by atoms with Crippen molar-refractivity contribution in [1.82, 2.24) is 9.84 Å². The van der Waals surface area contributed by atoms with Gasteiger partial charge in [0, 0.05) is 13.1 Å². The molecule has 1 N–H and O–H groups in total. The third-order valence-electron chi connectivity index (χ3n) is 2.77. The summed E-state index contributed by atoms with van der Waals surface area (Å²) >= 11 is 0. The van der Waals surface area contributed by atoms with E-state index in [-0.39, 0.29) is 12.2 Å². The Hall–Kier alpha value is -2.07.